The predicted molar refractivity (Wildman–Crippen MR) is 126 cm³/mol. The molecular weight excluding hydrogens is 671 g/mol. The molecule has 0 aliphatic carbocycles. The van der Waals surface area contributed by atoms with E-state index in [1.807, 2.05) is 5.43 Å². The second-order valence-electron chi connectivity index (χ2n) is 6.44. The van der Waals surface area contributed by atoms with Crippen LogP contribution in [-0.4, -0.2) is 36.6 Å². The molecule has 38 heavy (non-hydrogen) atoms. The van der Waals surface area contributed by atoms with Gasteiger partial charge in [0.25, 0.3) is 0 Å². The Kier molecular flexibility index (Phi) is 11.2. The van der Waals surface area contributed by atoms with Crippen LogP contribution in [0.5, 0.6) is 0 Å². The first-order chi connectivity index (χ1) is 17.4. The molecule has 2 N–H and O–H groups in total. The maximum atomic E-state index is 13.0. The Balaban J connectivity index is 0.000000389. The smallest absolute Gasteiger partial charge is 0.355 e. The summed E-state index contributed by atoms with van der Waals surface area (Å²) in [7, 11) is -4.43. The number of nitrogens with one attached hydrogen (secondary N) is 2. The number of nitriles is 2. The zero-order chi connectivity index (χ0) is 29.3. The molecule has 2 rings (SSSR count). The fraction of sp³-hybridized carbons (Fsp3) is 0.158. The van der Waals surface area contributed by atoms with Gasteiger partial charge in [-0.1, -0.05) is 0 Å². The average Bonchev–Trinajstić information content (AvgIpc) is 2.80. The Morgan fingerprint density at radius 3 is 1.63 bits per heavy atom. The van der Waals surface area contributed by atoms with E-state index in [4.69, 9.17) is 10.5 Å². The highest BCUT2D eigenvalue weighted by atomic mass is 127. The van der Waals surface area contributed by atoms with Crippen molar-refractivity contribution in [2.24, 2.45) is 10.2 Å². The van der Waals surface area contributed by atoms with Gasteiger partial charge in [0.05, 0.1) is 28.8 Å². The first kappa shape index (κ1) is 32.3. The summed E-state index contributed by atoms with van der Waals surface area (Å²) in [6, 6.07) is 9.00. The summed E-state index contributed by atoms with van der Waals surface area (Å²) in [5.41, 5.74) is 3.18. The third kappa shape index (κ3) is 11.1. The number of rotatable bonds is 5. The fourth-order valence-electron chi connectivity index (χ4n) is 1.93. The summed E-state index contributed by atoms with van der Waals surface area (Å²) in [6.07, 6.45) is -9.28. The normalized spacial score (nSPS) is 12.4. The molecule has 2 aromatic rings. The third-order valence-electron chi connectivity index (χ3n) is 3.45. The van der Waals surface area contributed by atoms with E-state index in [1.165, 1.54) is 12.1 Å². The van der Waals surface area contributed by atoms with E-state index in [1.54, 1.807) is 6.07 Å². The van der Waals surface area contributed by atoms with E-state index >= 15 is 0 Å². The van der Waals surface area contributed by atoms with E-state index in [9.17, 15) is 43.5 Å². The first-order valence-corrected chi connectivity index (χ1v) is 12.0. The highest BCUT2D eigenvalue weighted by molar-refractivity contribution is 14.1. The summed E-state index contributed by atoms with van der Waals surface area (Å²) in [4.78, 5) is 0. The van der Waals surface area contributed by atoms with Gasteiger partial charge in [0.2, 0.25) is 3.72 Å². The van der Waals surface area contributed by atoms with Gasteiger partial charge in [0, 0.05) is 0 Å². The predicted octanol–water partition coefficient (Wildman–Crippen LogP) is 5.38. The van der Waals surface area contributed by atoms with E-state index < -0.39 is 49.3 Å². The van der Waals surface area contributed by atoms with Crippen molar-refractivity contribution in [2.75, 3.05) is 17.1 Å². The van der Waals surface area contributed by atoms with E-state index in [0.29, 0.717) is 6.26 Å². The number of anilines is 2. The number of halogens is 9. The van der Waals surface area contributed by atoms with Gasteiger partial charge in [-0.15, -0.1) is 5.10 Å². The van der Waals surface area contributed by atoms with E-state index in [0.717, 1.165) is 52.9 Å². The van der Waals surface area contributed by atoms with Crippen LogP contribution < -0.4 is 10.9 Å². The van der Waals surface area contributed by atoms with Crippen molar-refractivity contribution in [1.82, 2.24) is 0 Å². The molecule has 0 radical (unpaired) electrons. The van der Waals surface area contributed by atoms with Crippen LogP contribution in [-0.2, 0) is 14.3 Å². The van der Waals surface area contributed by atoms with E-state index in [-0.39, 0.29) is 16.9 Å². The standard InChI is InChI=1S/C10H7F4N3O3S.C9H4F4IN3/c1-21(18,19)20-9(10(12,13)14)17-16-7-2-3-8(11)6(4-7)5-15;10-7-2-1-6(3-5(7)4-15)16-17-8(14)9(11,12)13/h2-4,16H,1H3;1-3,16H/b17-9-;17-8-. The molecule has 0 bridgehead atoms. The lowest BCUT2D eigenvalue weighted by Crippen LogP contribution is -2.29. The maximum Gasteiger partial charge on any atom is 0.471 e. The van der Waals surface area contributed by atoms with Crippen molar-refractivity contribution < 1.29 is 47.7 Å². The number of benzene rings is 2. The molecule has 0 unspecified atom stereocenters. The molecule has 9 nitrogen and oxygen atoms in total. The van der Waals surface area contributed by atoms with Crippen LogP contribution in [0.3, 0.4) is 0 Å². The number of hydrazone groups is 2. The lowest BCUT2D eigenvalue weighted by atomic mass is 10.2. The van der Waals surface area contributed by atoms with Crippen LogP contribution in [0.1, 0.15) is 11.1 Å². The first-order valence-electron chi connectivity index (χ1n) is 9.13. The van der Waals surface area contributed by atoms with Gasteiger partial charge < -0.3 is 4.18 Å². The highest BCUT2D eigenvalue weighted by Gasteiger charge is 2.41. The monoisotopic (exact) mass is 682 g/mol. The minimum absolute atomic E-state index is 0.0985. The van der Waals surface area contributed by atoms with Crippen LogP contribution in [0.25, 0.3) is 0 Å². The number of alkyl halides is 6. The molecule has 0 amide bonds. The number of hydrogen-bond acceptors (Lipinski definition) is 9. The number of hydrogen-bond donors (Lipinski definition) is 2. The zero-order valence-corrected chi connectivity index (χ0v) is 21.3. The van der Waals surface area contributed by atoms with Gasteiger partial charge >= 0.3 is 28.4 Å². The Bertz CT molecular complexity index is 1410. The molecule has 19 heteroatoms. The SMILES string of the molecule is CS(=O)(=O)O/C(=N\Nc1ccc(F)c(C#N)c1)C(F)(F)F.N#Cc1cc(N/N=C(\I)C(F)(F)F)ccc1F. The topological polar surface area (TPSA) is 140 Å². The average molecular weight is 682 g/mol. The second kappa shape index (κ2) is 13.2. The van der Waals surface area contributed by atoms with Crippen LogP contribution in [0.4, 0.5) is 46.5 Å². The van der Waals surface area contributed by atoms with Crippen molar-refractivity contribution >= 4 is 53.7 Å². The molecule has 0 aliphatic rings. The molecule has 0 aromatic heterocycles. The lowest BCUT2D eigenvalue weighted by molar-refractivity contribution is -0.0707. The number of nitrogens with zero attached hydrogens (tertiary/aromatic N) is 4. The van der Waals surface area contributed by atoms with Crippen molar-refractivity contribution in [3.63, 3.8) is 0 Å². The molecule has 204 valence electrons. The minimum atomic E-state index is -5.16. The minimum Gasteiger partial charge on any atom is -0.355 e. The molecule has 0 fully saturated rings. The molecule has 0 heterocycles. The van der Waals surface area contributed by atoms with Gasteiger partial charge in [-0.3, -0.25) is 10.9 Å². The Morgan fingerprint density at radius 2 is 1.29 bits per heavy atom. The van der Waals surface area contributed by atoms with Crippen molar-refractivity contribution in [3.8, 4) is 12.1 Å². The summed E-state index contributed by atoms with van der Waals surface area (Å²) in [5, 5.41) is 22.9. The molecule has 0 saturated carbocycles. The summed E-state index contributed by atoms with van der Waals surface area (Å²) >= 11 is 1.02. The van der Waals surface area contributed by atoms with Crippen molar-refractivity contribution in [3.05, 3.63) is 59.2 Å². The summed E-state index contributed by atoms with van der Waals surface area (Å²) in [5.74, 6) is -3.66. The third-order valence-corrected chi connectivity index (χ3v) is 4.76. The van der Waals surface area contributed by atoms with Gasteiger partial charge in [-0.05, 0) is 59.0 Å². The highest BCUT2D eigenvalue weighted by Crippen LogP contribution is 2.23. The van der Waals surface area contributed by atoms with Crippen LogP contribution in [0, 0.1) is 34.3 Å². The Morgan fingerprint density at radius 1 is 0.868 bits per heavy atom. The van der Waals surface area contributed by atoms with Crippen molar-refractivity contribution in [2.45, 2.75) is 12.4 Å². The molecule has 2 aromatic carbocycles. The fourth-order valence-corrected chi connectivity index (χ4v) is 2.47. The summed E-state index contributed by atoms with van der Waals surface area (Å²) in [6.45, 7) is 0. The zero-order valence-electron chi connectivity index (χ0n) is 18.3. The summed E-state index contributed by atoms with van der Waals surface area (Å²) < 4.78 is 124. The largest absolute Gasteiger partial charge is 0.471 e. The Labute approximate surface area is 222 Å². The molecule has 0 atom stereocenters. The molecule has 0 saturated heterocycles. The van der Waals surface area contributed by atoms with Crippen LogP contribution >= 0.6 is 22.6 Å². The van der Waals surface area contributed by atoms with Gasteiger partial charge in [0.15, 0.2) is 0 Å². The lowest BCUT2D eigenvalue weighted by Gasteiger charge is -2.10. The van der Waals surface area contributed by atoms with Gasteiger partial charge in [0.1, 0.15) is 23.8 Å². The second-order valence-corrected chi connectivity index (χ2v) is 9.04. The van der Waals surface area contributed by atoms with Gasteiger partial charge in [-0.2, -0.15) is 50.4 Å². The Hall–Kier alpha value is -3.72. The van der Waals surface area contributed by atoms with Crippen LogP contribution in [0.2, 0.25) is 0 Å². The maximum absolute atomic E-state index is 13.0. The van der Waals surface area contributed by atoms with Crippen LogP contribution in [0.15, 0.2) is 46.6 Å². The quantitative estimate of drug-likeness (QED) is 0.108. The molecular formula is C19H11F8IN6O3S. The molecule has 0 spiro atoms. The van der Waals surface area contributed by atoms with E-state index in [2.05, 4.69) is 19.8 Å². The molecule has 0 aliphatic heterocycles. The van der Waals surface area contributed by atoms with Crippen molar-refractivity contribution in [1.29, 1.82) is 10.5 Å². The van der Waals surface area contributed by atoms with Gasteiger partial charge in [-0.25, -0.2) is 8.78 Å².